The van der Waals surface area contributed by atoms with Crippen LogP contribution in [0.2, 0.25) is 0 Å². The maximum atomic E-state index is 14.1. The zero-order chi connectivity index (χ0) is 14.5. The predicted molar refractivity (Wildman–Crippen MR) is 86.2 cm³/mol. The predicted octanol–water partition coefficient (Wildman–Crippen LogP) is 4.83. The van der Waals surface area contributed by atoms with E-state index in [1.807, 2.05) is 18.2 Å². The van der Waals surface area contributed by atoms with Gasteiger partial charge in [0.05, 0.1) is 12.2 Å². The van der Waals surface area contributed by atoms with E-state index in [0.717, 1.165) is 27.5 Å². The van der Waals surface area contributed by atoms with Crippen LogP contribution in [0.3, 0.4) is 0 Å². The Hall–Kier alpha value is -0.780. The van der Waals surface area contributed by atoms with Gasteiger partial charge in [-0.2, -0.15) is 0 Å². The summed E-state index contributed by atoms with van der Waals surface area (Å²) in [4.78, 5) is 3.82. The van der Waals surface area contributed by atoms with Crippen LogP contribution in [0, 0.1) is 5.82 Å². The largest absolute Gasteiger partial charge is 0.306 e. The molecule has 1 aromatic carbocycles. The van der Waals surface area contributed by atoms with Gasteiger partial charge in [0.25, 0.3) is 0 Å². The lowest BCUT2D eigenvalue weighted by molar-refractivity contribution is 0.542. The maximum absolute atomic E-state index is 14.1. The summed E-state index contributed by atoms with van der Waals surface area (Å²) in [7, 11) is 0. The number of benzene rings is 1. The van der Waals surface area contributed by atoms with Crippen LogP contribution in [0.25, 0.3) is 0 Å². The van der Waals surface area contributed by atoms with Crippen LogP contribution in [0.4, 0.5) is 4.39 Å². The van der Waals surface area contributed by atoms with Gasteiger partial charge in [0.2, 0.25) is 0 Å². The van der Waals surface area contributed by atoms with Gasteiger partial charge >= 0.3 is 0 Å². The SMILES string of the molecule is CCCNC(c1ccncc1F)c1cc(Br)ccc1Br. The lowest BCUT2D eigenvalue weighted by Crippen LogP contribution is -2.24. The minimum atomic E-state index is -0.298. The number of pyridine rings is 1. The molecule has 0 spiro atoms. The molecule has 1 unspecified atom stereocenters. The molecule has 0 aliphatic heterocycles. The van der Waals surface area contributed by atoms with Crippen LogP contribution in [-0.4, -0.2) is 11.5 Å². The number of nitrogens with zero attached hydrogens (tertiary/aromatic N) is 1. The highest BCUT2D eigenvalue weighted by molar-refractivity contribution is 9.11. The fourth-order valence-electron chi connectivity index (χ4n) is 2.03. The summed E-state index contributed by atoms with van der Waals surface area (Å²) in [5, 5.41) is 3.39. The van der Waals surface area contributed by atoms with Gasteiger partial charge in [-0.05, 0) is 42.8 Å². The van der Waals surface area contributed by atoms with Gasteiger partial charge in [-0.1, -0.05) is 38.8 Å². The number of rotatable bonds is 5. The molecular formula is C15H15Br2FN2. The number of nitrogens with one attached hydrogen (secondary N) is 1. The van der Waals surface area contributed by atoms with Crippen LogP contribution < -0.4 is 5.32 Å². The highest BCUT2D eigenvalue weighted by Gasteiger charge is 2.19. The number of hydrogen-bond acceptors (Lipinski definition) is 2. The Labute approximate surface area is 135 Å². The second-order valence-corrected chi connectivity index (χ2v) is 6.22. The molecule has 2 nitrogen and oxygen atoms in total. The first kappa shape index (κ1) is 15.6. The van der Waals surface area contributed by atoms with E-state index < -0.39 is 0 Å². The molecule has 0 saturated carbocycles. The monoisotopic (exact) mass is 400 g/mol. The van der Waals surface area contributed by atoms with Gasteiger partial charge in [-0.25, -0.2) is 4.39 Å². The maximum Gasteiger partial charge on any atom is 0.146 e. The Bertz CT molecular complexity index is 590. The average molecular weight is 402 g/mol. The highest BCUT2D eigenvalue weighted by atomic mass is 79.9. The molecule has 1 N–H and O–H groups in total. The molecule has 1 heterocycles. The van der Waals surface area contributed by atoms with Crippen molar-refractivity contribution in [2.75, 3.05) is 6.54 Å². The number of aromatic nitrogens is 1. The Balaban J connectivity index is 2.47. The molecule has 0 aliphatic carbocycles. The summed E-state index contributed by atoms with van der Waals surface area (Å²) in [5.74, 6) is -0.298. The summed E-state index contributed by atoms with van der Waals surface area (Å²) < 4.78 is 16.0. The first-order valence-electron chi connectivity index (χ1n) is 6.41. The van der Waals surface area contributed by atoms with Crippen molar-refractivity contribution in [1.29, 1.82) is 0 Å². The van der Waals surface area contributed by atoms with E-state index >= 15 is 0 Å². The van der Waals surface area contributed by atoms with Gasteiger partial charge in [-0.3, -0.25) is 4.98 Å². The lowest BCUT2D eigenvalue weighted by Gasteiger charge is -2.21. The molecule has 0 aliphatic rings. The van der Waals surface area contributed by atoms with Crippen LogP contribution in [0.1, 0.15) is 30.5 Å². The van der Waals surface area contributed by atoms with Crippen LogP contribution in [-0.2, 0) is 0 Å². The van der Waals surface area contributed by atoms with Crippen molar-refractivity contribution in [2.45, 2.75) is 19.4 Å². The number of halogens is 3. The summed E-state index contributed by atoms with van der Waals surface area (Å²) >= 11 is 7.02. The fourth-order valence-corrected chi connectivity index (χ4v) is 2.89. The van der Waals surface area contributed by atoms with Crippen LogP contribution in [0.15, 0.2) is 45.6 Å². The summed E-state index contributed by atoms with van der Waals surface area (Å²) in [6, 6.07) is 7.42. The van der Waals surface area contributed by atoms with E-state index in [9.17, 15) is 4.39 Å². The van der Waals surface area contributed by atoms with Crippen molar-refractivity contribution >= 4 is 31.9 Å². The Morgan fingerprint density at radius 2 is 2.05 bits per heavy atom. The molecule has 2 rings (SSSR count). The van der Waals surface area contributed by atoms with Crippen molar-refractivity contribution < 1.29 is 4.39 Å². The fraction of sp³-hybridized carbons (Fsp3) is 0.267. The first-order chi connectivity index (χ1) is 9.63. The van der Waals surface area contributed by atoms with Crippen LogP contribution >= 0.6 is 31.9 Å². The summed E-state index contributed by atoms with van der Waals surface area (Å²) in [6.07, 6.45) is 3.85. The Morgan fingerprint density at radius 3 is 2.75 bits per heavy atom. The summed E-state index contributed by atoms with van der Waals surface area (Å²) in [6.45, 7) is 2.90. The molecule has 5 heteroatoms. The second-order valence-electron chi connectivity index (χ2n) is 4.45. The molecule has 0 amide bonds. The molecule has 1 atom stereocenters. The van der Waals surface area contributed by atoms with Gasteiger partial charge in [-0.15, -0.1) is 0 Å². The van der Waals surface area contributed by atoms with E-state index in [1.54, 1.807) is 12.3 Å². The lowest BCUT2D eigenvalue weighted by atomic mass is 9.99. The zero-order valence-electron chi connectivity index (χ0n) is 11.0. The van der Waals surface area contributed by atoms with E-state index in [0.29, 0.717) is 5.56 Å². The quantitative estimate of drug-likeness (QED) is 0.775. The normalized spacial score (nSPS) is 12.4. The molecule has 0 saturated heterocycles. The third kappa shape index (κ3) is 3.65. The first-order valence-corrected chi connectivity index (χ1v) is 7.99. The van der Waals surface area contributed by atoms with Crippen molar-refractivity contribution in [3.05, 3.63) is 62.5 Å². The highest BCUT2D eigenvalue weighted by Crippen LogP contribution is 2.32. The minimum absolute atomic E-state index is 0.204. The van der Waals surface area contributed by atoms with Gasteiger partial charge in [0, 0.05) is 20.7 Å². The van der Waals surface area contributed by atoms with E-state index in [1.165, 1.54) is 6.20 Å². The smallest absolute Gasteiger partial charge is 0.146 e. The Kier molecular flexibility index (Phi) is 5.69. The van der Waals surface area contributed by atoms with E-state index in [4.69, 9.17) is 0 Å². The van der Waals surface area contributed by atoms with Crippen molar-refractivity contribution in [2.24, 2.45) is 0 Å². The molecule has 0 fully saturated rings. The average Bonchev–Trinajstić information content (AvgIpc) is 2.44. The molecule has 1 aromatic heterocycles. The topological polar surface area (TPSA) is 24.9 Å². The van der Waals surface area contributed by atoms with Gasteiger partial charge in [0.1, 0.15) is 5.82 Å². The Morgan fingerprint density at radius 1 is 1.25 bits per heavy atom. The molecule has 106 valence electrons. The van der Waals surface area contributed by atoms with Gasteiger partial charge in [0.15, 0.2) is 0 Å². The van der Waals surface area contributed by atoms with Crippen molar-refractivity contribution in [1.82, 2.24) is 10.3 Å². The van der Waals surface area contributed by atoms with E-state index in [-0.39, 0.29) is 11.9 Å². The molecule has 2 aromatic rings. The van der Waals surface area contributed by atoms with E-state index in [2.05, 4.69) is 49.1 Å². The van der Waals surface area contributed by atoms with Crippen LogP contribution in [0.5, 0.6) is 0 Å². The molecule has 0 bridgehead atoms. The van der Waals surface area contributed by atoms with Crippen molar-refractivity contribution in [3.8, 4) is 0 Å². The number of hydrogen-bond donors (Lipinski definition) is 1. The van der Waals surface area contributed by atoms with Gasteiger partial charge < -0.3 is 5.32 Å². The zero-order valence-corrected chi connectivity index (χ0v) is 14.2. The third-order valence-corrected chi connectivity index (χ3v) is 4.20. The van der Waals surface area contributed by atoms with Crippen molar-refractivity contribution in [3.63, 3.8) is 0 Å². The standard InChI is InChI=1S/C15H15Br2FN2/c1-2-6-20-15(11-5-7-19-9-14(11)18)12-8-10(16)3-4-13(12)17/h3-5,7-9,15,20H,2,6H2,1H3. The third-order valence-electron chi connectivity index (χ3n) is 2.98. The molecular weight excluding hydrogens is 387 g/mol. The second kappa shape index (κ2) is 7.29. The summed E-state index contributed by atoms with van der Waals surface area (Å²) in [5.41, 5.74) is 1.60. The molecule has 20 heavy (non-hydrogen) atoms. The molecule has 0 radical (unpaired) electrons. The minimum Gasteiger partial charge on any atom is -0.306 e.